The van der Waals surface area contributed by atoms with Crippen LogP contribution in [-0.2, 0) is 4.74 Å². The number of aliphatic hydroxyl groups excluding tert-OH is 1. The van der Waals surface area contributed by atoms with Gasteiger partial charge in [0.05, 0.1) is 11.7 Å². The van der Waals surface area contributed by atoms with Gasteiger partial charge >= 0.3 is 0 Å². The maximum atomic E-state index is 10.9. The SMILES string of the molecule is CSc1ccccc1C(O)C1CCOC2(CCCCC2)C1. The van der Waals surface area contributed by atoms with Crippen LogP contribution in [0.5, 0.6) is 0 Å². The van der Waals surface area contributed by atoms with Crippen molar-refractivity contribution in [2.24, 2.45) is 5.92 Å². The lowest BCUT2D eigenvalue weighted by molar-refractivity contribution is -0.134. The van der Waals surface area contributed by atoms with Crippen LogP contribution in [0, 0.1) is 5.92 Å². The maximum absolute atomic E-state index is 10.9. The van der Waals surface area contributed by atoms with Crippen LogP contribution in [0.15, 0.2) is 29.2 Å². The molecular weight excluding hydrogens is 280 g/mol. The van der Waals surface area contributed by atoms with Crippen molar-refractivity contribution in [1.29, 1.82) is 0 Å². The molecule has 1 heterocycles. The van der Waals surface area contributed by atoms with E-state index in [4.69, 9.17) is 4.74 Å². The largest absolute Gasteiger partial charge is 0.388 e. The molecule has 2 atom stereocenters. The first-order chi connectivity index (χ1) is 10.2. The predicted molar refractivity (Wildman–Crippen MR) is 87.7 cm³/mol. The van der Waals surface area contributed by atoms with Gasteiger partial charge in [0.15, 0.2) is 0 Å². The predicted octanol–water partition coefficient (Wildman–Crippen LogP) is 4.57. The lowest BCUT2D eigenvalue weighted by Gasteiger charge is -2.44. The van der Waals surface area contributed by atoms with Gasteiger partial charge in [0, 0.05) is 11.5 Å². The summed E-state index contributed by atoms with van der Waals surface area (Å²) in [4.78, 5) is 1.20. The van der Waals surface area contributed by atoms with Crippen molar-refractivity contribution in [2.75, 3.05) is 12.9 Å². The molecule has 116 valence electrons. The van der Waals surface area contributed by atoms with Crippen LogP contribution in [0.3, 0.4) is 0 Å². The number of aliphatic hydroxyl groups is 1. The summed E-state index contributed by atoms with van der Waals surface area (Å²) in [5.41, 5.74) is 1.17. The van der Waals surface area contributed by atoms with E-state index in [9.17, 15) is 5.11 Å². The lowest BCUT2D eigenvalue weighted by Crippen LogP contribution is -2.42. The molecule has 2 fully saturated rings. The Kier molecular flexibility index (Phi) is 4.92. The van der Waals surface area contributed by atoms with Gasteiger partial charge in [-0.05, 0) is 49.5 Å². The summed E-state index contributed by atoms with van der Waals surface area (Å²) in [5, 5.41) is 10.9. The first-order valence-corrected chi connectivity index (χ1v) is 9.41. The van der Waals surface area contributed by atoms with Crippen molar-refractivity contribution < 1.29 is 9.84 Å². The van der Waals surface area contributed by atoms with E-state index >= 15 is 0 Å². The fraction of sp³-hybridized carbons (Fsp3) is 0.667. The third-order valence-corrected chi connectivity index (χ3v) is 6.01. The highest BCUT2D eigenvalue weighted by Crippen LogP contribution is 2.45. The molecule has 0 amide bonds. The summed E-state index contributed by atoms with van der Waals surface area (Å²) in [5.74, 6) is 0.338. The minimum Gasteiger partial charge on any atom is -0.388 e. The Hall–Kier alpha value is -0.510. The van der Waals surface area contributed by atoms with Crippen molar-refractivity contribution in [2.45, 2.75) is 61.5 Å². The Morgan fingerprint density at radius 3 is 2.76 bits per heavy atom. The summed E-state index contributed by atoms with van der Waals surface area (Å²) in [6, 6.07) is 8.28. The highest BCUT2D eigenvalue weighted by Gasteiger charge is 2.41. The van der Waals surface area contributed by atoms with Crippen LogP contribution < -0.4 is 0 Å². The number of hydrogen-bond acceptors (Lipinski definition) is 3. The fourth-order valence-electron chi connectivity index (χ4n) is 4.04. The number of hydrogen-bond donors (Lipinski definition) is 1. The Balaban J connectivity index is 1.76. The minimum absolute atomic E-state index is 0.0659. The molecule has 3 rings (SSSR count). The monoisotopic (exact) mass is 306 g/mol. The average molecular weight is 306 g/mol. The first-order valence-electron chi connectivity index (χ1n) is 8.19. The second kappa shape index (κ2) is 6.72. The van der Waals surface area contributed by atoms with E-state index < -0.39 is 0 Å². The average Bonchev–Trinajstić information content (AvgIpc) is 2.55. The number of thioether (sulfide) groups is 1. The van der Waals surface area contributed by atoms with Gasteiger partial charge in [0.1, 0.15) is 0 Å². The molecule has 1 aromatic rings. The molecule has 1 saturated heterocycles. The van der Waals surface area contributed by atoms with Gasteiger partial charge in [-0.1, -0.05) is 37.5 Å². The summed E-state index contributed by atoms with van der Waals surface area (Å²) < 4.78 is 6.16. The molecule has 0 aromatic heterocycles. The highest BCUT2D eigenvalue weighted by atomic mass is 32.2. The van der Waals surface area contributed by atoms with E-state index in [1.54, 1.807) is 11.8 Å². The molecule has 0 radical (unpaired) electrons. The first kappa shape index (κ1) is 15.4. The standard InChI is InChI=1S/C18H26O2S/c1-21-16-8-4-3-7-15(16)17(19)14-9-12-20-18(13-14)10-5-2-6-11-18/h3-4,7-8,14,17,19H,2,5-6,9-13H2,1H3. The van der Waals surface area contributed by atoms with Gasteiger partial charge in [-0.25, -0.2) is 0 Å². The molecule has 2 nitrogen and oxygen atoms in total. The van der Waals surface area contributed by atoms with Crippen LogP contribution >= 0.6 is 11.8 Å². The summed E-state index contributed by atoms with van der Waals surface area (Å²) >= 11 is 1.72. The number of rotatable bonds is 3. The third-order valence-electron chi connectivity index (χ3n) is 5.20. The van der Waals surface area contributed by atoms with E-state index in [-0.39, 0.29) is 11.7 Å². The molecule has 0 bridgehead atoms. The van der Waals surface area contributed by atoms with E-state index in [0.29, 0.717) is 5.92 Å². The van der Waals surface area contributed by atoms with Crippen molar-refractivity contribution in [1.82, 2.24) is 0 Å². The molecule has 1 saturated carbocycles. The second-order valence-corrected chi connectivity index (χ2v) is 7.38. The molecule has 1 aliphatic carbocycles. The highest BCUT2D eigenvalue weighted by molar-refractivity contribution is 7.98. The van der Waals surface area contributed by atoms with E-state index in [2.05, 4.69) is 24.5 Å². The van der Waals surface area contributed by atoms with Gasteiger partial charge in [0.2, 0.25) is 0 Å². The van der Waals surface area contributed by atoms with Crippen molar-refractivity contribution in [3.05, 3.63) is 29.8 Å². The van der Waals surface area contributed by atoms with Crippen molar-refractivity contribution >= 4 is 11.8 Å². The molecule has 2 aliphatic rings. The lowest BCUT2D eigenvalue weighted by atomic mass is 9.74. The molecular formula is C18H26O2S. The summed E-state index contributed by atoms with van der Waals surface area (Å²) in [6.45, 7) is 0.809. The zero-order valence-corrected chi connectivity index (χ0v) is 13.7. The molecule has 1 N–H and O–H groups in total. The Morgan fingerprint density at radius 2 is 2.00 bits per heavy atom. The zero-order chi connectivity index (χ0) is 14.7. The smallest absolute Gasteiger partial charge is 0.0830 e. The van der Waals surface area contributed by atoms with Crippen molar-refractivity contribution in [3.63, 3.8) is 0 Å². The molecule has 21 heavy (non-hydrogen) atoms. The van der Waals surface area contributed by atoms with E-state index in [1.165, 1.54) is 37.0 Å². The normalized spacial score (nSPS) is 26.7. The van der Waals surface area contributed by atoms with E-state index in [1.807, 2.05) is 6.07 Å². The van der Waals surface area contributed by atoms with Crippen molar-refractivity contribution in [3.8, 4) is 0 Å². The van der Waals surface area contributed by atoms with Crippen LogP contribution in [0.4, 0.5) is 0 Å². The number of benzene rings is 1. The molecule has 3 heteroatoms. The van der Waals surface area contributed by atoms with Crippen LogP contribution in [0.2, 0.25) is 0 Å². The maximum Gasteiger partial charge on any atom is 0.0830 e. The van der Waals surface area contributed by atoms with Gasteiger partial charge in [-0.15, -0.1) is 11.8 Å². The van der Waals surface area contributed by atoms with E-state index in [0.717, 1.165) is 25.0 Å². The van der Waals surface area contributed by atoms with Crippen LogP contribution in [-0.4, -0.2) is 23.6 Å². The Morgan fingerprint density at radius 1 is 1.24 bits per heavy atom. The zero-order valence-electron chi connectivity index (χ0n) is 12.9. The summed E-state index contributed by atoms with van der Waals surface area (Å²) in [7, 11) is 0. The number of ether oxygens (including phenoxy) is 1. The van der Waals surface area contributed by atoms with Crippen LogP contribution in [0.25, 0.3) is 0 Å². The van der Waals surface area contributed by atoms with Crippen LogP contribution in [0.1, 0.15) is 56.6 Å². The molecule has 1 aromatic carbocycles. The second-order valence-electron chi connectivity index (χ2n) is 6.53. The third kappa shape index (κ3) is 3.30. The summed E-state index contributed by atoms with van der Waals surface area (Å²) in [6.07, 6.45) is 10.0. The minimum atomic E-state index is -0.351. The quantitative estimate of drug-likeness (QED) is 0.829. The van der Waals surface area contributed by atoms with Gasteiger partial charge in [-0.2, -0.15) is 0 Å². The molecule has 2 unspecified atom stereocenters. The Bertz CT molecular complexity index is 463. The molecule has 1 spiro atoms. The molecule has 1 aliphatic heterocycles. The Labute approximate surface area is 132 Å². The van der Waals surface area contributed by atoms with Gasteiger partial charge < -0.3 is 9.84 Å². The van der Waals surface area contributed by atoms with Gasteiger partial charge in [-0.3, -0.25) is 0 Å². The topological polar surface area (TPSA) is 29.5 Å². The van der Waals surface area contributed by atoms with Gasteiger partial charge in [0.25, 0.3) is 0 Å². The fourth-order valence-corrected chi connectivity index (χ4v) is 4.68.